The number of hydrogen-bond donors (Lipinski definition) is 2. The number of piperidine rings is 1. The van der Waals surface area contributed by atoms with Gasteiger partial charge in [0.05, 0.1) is 17.6 Å². The summed E-state index contributed by atoms with van der Waals surface area (Å²) in [6, 6.07) is 4.75. The number of amides is 1. The third kappa shape index (κ3) is 3.49. The van der Waals surface area contributed by atoms with Gasteiger partial charge in [-0.3, -0.25) is 14.9 Å². The van der Waals surface area contributed by atoms with Crippen molar-refractivity contribution in [1.29, 1.82) is 0 Å². The topological polar surface area (TPSA) is 93.5 Å². The lowest BCUT2D eigenvalue weighted by Gasteiger charge is -2.28. The molecule has 0 aromatic heterocycles. The molecule has 2 rings (SSSR count). The normalized spacial score (nSPS) is 21.6. The molecule has 1 saturated heterocycles. The van der Waals surface area contributed by atoms with Gasteiger partial charge in [-0.2, -0.15) is 0 Å². The van der Waals surface area contributed by atoms with Crippen LogP contribution < -0.4 is 15.4 Å². The number of carbonyl (C=O) groups excluding carboxylic acids is 1. The molecule has 1 aromatic rings. The molecule has 7 nitrogen and oxygen atoms in total. The van der Waals surface area contributed by atoms with Crippen LogP contribution in [0.5, 0.6) is 5.75 Å². The second-order valence-electron chi connectivity index (χ2n) is 5.16. The molecule has 0 aliphatic carbocycles. The highest BCUT2D eigenvalue weighted by molar-refractivity contribution is 5.98. The fraction of sp³-hybridized carbons (Fsp3) is 0.500. The summed E-state index contributed by atoms with van der Waals surface area (Å²) in [5, 5.41) is 17.2. The Morgan fingerprint density at radius 1 is 1.52 bits per heavy atom. The number of carbonyl (C=O) groups is 1. The predicted molar refractivity (Wildman–Crippen MR) is 77.6 cm³/mol. The maximum absolute atomic E-state index is 12.3. The van der Waals surface area contributed by atoms with Gasteiger partial charge in [0.2, 0.25) is 5.75 Å². The van der Waals surface area contributed by atoms with Crippen molar-refractivity contribution in [3.05, 3.63) is 33.9 Å². The van der Waals surface area contributed by atoms with Crippen molar-refractivity contribution in [2.24, 2.45) is 0 Å². The zero-order chi connectivity index (χ0) is 15.4. The third-order valence-electron chi connectivity index (χ3n) is 3.60. The summed E-state index contributed by atoms with van der Waals surface area (Å²) < 4.78 is 5.05. The first-order chi connectivity index (χ1) is 10.0. The fourth-order valence-corrected chi connectivity index (χ4v) is 2.59. The minimum Gasteiger partial charge on any atom is -0.490 e. The monoisotopic (exact) mass is 293 g/mol. The van der Waals surface area contributed by atoms with Crippen molar-refractivity contribution < 1.29 is 14.5 Å². The van der Waals surface area contributed by atoms with Gasteiger partial charge in [0.25, 0.3) is 5.91 Å². The number of nitro groups is 1. The number of nitrogens with zero attached hydrogens (tertiary/aromatic N) is 1. The van der Waals surface area contributed by atoms with Crippen LogP contribution in [-0.2, 0) is 0 Å². The van der Waals surface area contributed by atoms with Gasteiger partial charge in [0.15, 0.2) is 0 Å². The lowest BCUT2D eigenvalue weighted by Crippen LogP contribution is -2.46. The third-order valence-corrected chi connectivity index (χ3v) is 3.60. The Kier molecular flexibility index (Phi) is 4.74. The summed E-state index contributed by atoms with van der Waals surface area (Å²) in [4.78, 5) is 22.8. The summed E-state index contributed by atoms with van der Waals surface area (Å²) in [7, 11) is 1.33. The molecule has 7 heteroatoms. The van der Waals surface area contributed by atoms with E-state index < -0.39 is 4.92 Å². The molecular formula is C14H19N3O4. The van der Waals surface area contributed by atoms with Gasteiger partial charge in [-0.05, 0) is 32.4 Å². The van der Waals surface area contributed by atoms with Crippen molar-refractivity contribution in [3.8, 4) is 5.75 Å². The summed E-state index contributed by atoms with van der Waals surface area (Å²) in [5.41, 5.74) is -0.0123. The highest BCUT2D eigenvalue weighted by Crippen LogP contribution is 2.30. The Balaban J connectivity index is 2.19. The van der Waals surface area contributed by atoms with E-state index in [2.05, 4.69) is 17.6 Å². The van der Waals surface area contributed by atoms with Crippen molar-refractivity contribution in [2.45, 2.75) is 31.8 Å². The first kappa shape index (κ1) is 15.2. The van der Waals surface area contributed by atoms with Crippen LogP contribution in [0, 0.1) is 10.1 Å². The minimum atomic E-state index is -0.553. The van der Waals surface area contributed by atoms with Crippen molar-refractivity contribution in [3.63, 3.8) is 0 Å². The average Bonchev–Trinajstić information content (AvgIpc) is 2.46. The molecule has 114 valence electrons. The number of hydrogen-bond acceptors (Lipinski definition) is 5. The van der Waals surface area contributed by atoms with Crippen LogP contribution in [0.4, 0.5) is 5.69 Å². The minimum absolute atomic E-state index is 0.00184. The number of methoxy groups -OCH3 is 1. The first-order valence-corrected chi connectivity index (χ1v) is 6.88. The maximum Gasteiger partial charge on any atom is 0.311 e. The second kappa shape index (κ2) is 6.53. The van der Waals surface area contributed by atoms with Crippen LogP contribution in [0.2, 0.25) is 0 Å². The van der Waals surface area contributed by atoms with E-state index in [9.17, 15) is 14.9 Å². The quantitative estimate of drug-likeness (QED) is 0.647. The van der Waals surface area contributed by atoms with E-state index in [1.807, 2.05) is 0 Å². The lowest BCUT2D eigenvalue weighted by molar-refractivity contribution is -0.385. The number of nitro benzene ring substituents is 1. The standard InChI is InChI=1S/C14H19N3O4/c1-9-8-10(6-7-15-9)16-14(18)11-4-3-5-12(17(19)20)13(11)21-2/h3-5,9-10,15H,6-8H2,1-2H3,(H,16,18). The SMILES string of the molecule is COc1c(C(=O)NC2CCNC(C)C2)cccc1[N+](=O)[O-]. The van der Waals surface area contributed by atoms with Crippen LogP contribution in [-0.4, -0.2) is 36.6 Å². The van der Waals surface area contributed by atoms with Gasteiger partial charge < -0.3 is 15.4 Å². The number of para-hydroxylation sites is 1. The van der Waals surface area contributed by atoms with Crippen LogP contribution in [0.3, 0.4) is 0 Å². The molecular weight excluding hydrogens is 274 g/mol. The molecule has 0 radical (unpaired) electrons. The number of ether oxygens (including phenoxy) is 1. The first-order valence-electron chi connectivity index (χ1n) is 6.88. The molecule has 2 unspecified atom stereocenters. The number of nitrogens with one attached hydrogen (secondary N) is 2. The Morgan fingerprint density at radius 2 is 2.29 bits per heavy atom. The zero-order valence-electron chi connectivity index (χ0n) is 12.1. The summed E-state index contributed by atoms with van der Waals surface area (Å²) in [5.74, 6) is -0.336. The van der Waals surface area contributed by atoms with Gasteiger partial charge in [-0.25, -0.2) is 0 Å². The van der Waals surface area contributed by atoms with Gasteiger partial charge >= 0.3 is 5.69 Å². The Bertz CT molecular complexity index is 547. The van der Waals surface area contributed by atoms with E-state index in [4.69, 9.17) is 4.74 Å². The van der Waals surface area contributed by atoms with E-state index in [0.29, 0.717) is 6.04 Å². The van der Waals surface area contributed by atoms with Crippen LogP contribution in [0.15, 0.2) is 18.2 Å². The molecule has 0 spiro atoms. The molecule has 0 bridgehead atoms. The van der Waals surface area contributed by atoms with Gasteiger partial charge in [-0.15, -0.1) is 0 Å². The molecule has 0 saturated carbocycles. The highest BCUT2D eigenvalue weighted by atomic mass is 16.6. The molecule has 1 amide bonds. The van der Waals surface area contributed by atoms with E-state index >= 15 is 0 Å². The largest absolute Gasteiger partial charge is 0.490 e. The van der Waals surface area contributed by atoms with E-state index in [1.54, 1.807) is 0 Å². The van der Waals surface area contributed by atoms with Crippen molar-refractivity contribution in [2.75, 3.05) is 13.7 Å². The number of benzene rings is 1. The van der Waals surface area contributed by atoms with Crippen LogP contribution >= 0.6 is 0 Å². The van der Waals surface area contributed by atoms with E-state index in [1.165, 1.54) is 25.3 Å². The predicted octanol–water partition coefficient (Wildman–Crippen LogP) is 1.47. The van der Waals surface area contributed by atoms with Crippen LogP contribution in [0.1, 0.15) is 30.1 Å². The second-order valence-corrected chi connectivity index (χ2v) is 5.16. The van der Waals surface area contributed by atoms with Gasteiger partial charge in [-0.1, -0.05) is 6.07 Å². The average molecular weight is 293 g/mol. The smallest absolute Gasteiger partial charge is 0.311 e. The molecule has 1 aliphatic rings. The number of rotatable bonds is 4. The maximum atomic E-state index is 12.3. The molecule has 2 atom stereocenters. The summed E-state index contributed by atoms with van der Waals surface area (Å²) in [6.45, 7) is 2.91. The van der Waals surface area contributed by atoms with Gasteiger partial charge in [0.1, 0.15) is 0 Å². The fourth-order valence-electron chi connectivity index (χ4n) is 2.59. The van der Waals surface area contributed by atoms with E-state index in [0.717, 1.165) is 19.4 Å². The Labute approximate surface area is 122 Å². The van der Waals surface area contributed by atoms with Crippen LogP contribution in [0.25, 0.3) is 0 Å². The zero-order valence-corrected chi connectivity index (χ0v) is 12.1. The molecule has 2 N–H and O–H groups in total. The van der Waals surface area contributed by atoms with Crippen molar-refractivity contribution >= 4 is 11.6 Å². The van der Waals surface area contributed by atoms with Gasteiger partial charge in [0, 0.05) is 18.2 Å². The van der Waals surface area contributed by atoms with E-state index in [-0.39, 0.29) is 28.9 Å². The molecule has 1 fully saturated rings. The van der Waals surface area contributed by atoms with Crippen molar-refractivity contribution in [1.82, 2.24) is 10.6 Å². The lowest BCUT2D eigenvalue weighted by atomic mass is 10.00. The highest BCUT2D eigenvalue weighted by Gasteiger charge is 2.25. The Hall–Kier alpha value is -2.15. The molecule has 1 aliphatic heterocycles. The molecule has 1 heterocycles. The molecule has 1 aromatic carbocycles. The molecule has 21 heavy (non-hydrogen) atoms. The summed E-state index contributed by atoms with van der Waals surface area (Å²) in [6.07, 6.45) is 1.68. The summed E-state index contributed by atoms with van der Waals surface area (Å²) >= 11 is 0. The Morgan fingerprint density at radius 3 is 2.90 bits per heavy atom.